The van der Waals surface area contributed by atoms with Gasteiger partial charge in [0.25, 0.3) is 0 Å². The van der Waals surface area contributed by atoms with E-state index in [1.54, 1.807) is 0 Å². The van der Waals surface area contributed by atoms with E-state index in [-0.39, 0.29) is 5.60 Å². The van der Waals surface area contributed by atoms with Gasteiger partial charge in [0.2, 0.25) is 0 Å². The van der Waals surface area contributed by atoms with Crippen molar-refractivity contribution in [3.8, 4) is 0 Å². The van der Waals surface area contributed by atoms with Crippen LogP contribution in [-0.2, 0) is 4.74 Å². The van der Waals surface area contributed by atoms with Crippen LogP contribution in [-0.4, -0.2) is 24.8 Å². The van der Waals surface area contributed by atoms with E-state index in [2.05, 4.69) is 26.1 Å². The van der Waals surface area contributed by atoms with Crippen LogP contribution < -0.4 is 5.32 Å². The zero-order chi connectivity index (χ0) is 11.6. The molecule has 0 radical (unpaired) electrons. The Labute approximate surface area is 100 Å². The standard InChI is InChI=1S/C14H27NO/c1-4-12-14(16-11-10-15-12)7-5-6-13(2,3)8-9-14/h12,15H,4-11H2,1-3H3. The van der Waals surface area contributed by atoms with Gasteiger partial charge in [0.05, 0.1) is 12.2 Å². The molecule has 1 saturated heterocycles. The second-order valence-corrected chi connectivity index (χ2v) is 6.35. The predicted molar refractivity (Wildman–Crippen MR) is 67.6 cm³/mol. The molecule has 0 aromatic heterocycles. The van der Waals surface area contributed by atoms with E-state index in [0.717, 1.165) is 13.2 Å². The minimum Gasteiger partial charge on any atom is -0.372 e. The first-order valence-corrected chi connectivity index (χ1v) is 6.95. The molecule has 2 nitrogen and oxygen atoms in total. The summed E-state index contributed by atoms with van der Waals surface area (Å²) in [5.41, 5.74) is 0.670. The first-order valence-electron chi connectivity index (χ1n) is 6.95. The molecule has 2 rings (SSSR count). The molecule has 1 heterocycles. The third kappa shape index (κ3) is 2.43. The zero-order valence-electron chi connectivity index (χ0n) is 11.1. The average Bonchev–Trinajstić information content (AvgIpc) is 2.40. The minimum absolute atomic E-state index is 0.154. The number of rotatable bonds is 1. The Morgan fingerprint density at radius 1 is 1.19 bits per heavy atom. The molecule has 0 amide bonds. The van der Waals surface area contributed by atoms with Gasteiger partial charge >= 0.3 is 0 Å². The van der Waals surface area contributed by atoms with E-state index < -0.39 is 0 Å². The van der Waals surface area contributed by atoms with Crippen molar-refractivity contribution in [2.24, 2.45) is 5.41 Å². The van der Waals surface area contributed by atoms with Gasteiger partial charge in [-0.2, -0.15) is 0 Å². The fraction of sp³-hybridized carbons (Fsp3) is 1.00. The topological polar surface area (TPSA) is 21.3 Å². The molecule has 0 aromatic carbocycles. The van der Waals surface area contributed by atoms with E-state index in [1.165, 1.54) is 38.5 Å². The molecule has 1 saturated carbocycles. The second kappa shape index (κ2) is 4.66. The highest BCUT2D eigenvalue weighted by Gasteiger charge is 2.43. The van der Waals surface area contributed by atoms with Gasteiger partial charge in [0.15, 0.2) is 0 Å². The number of hydrogen-bond acceptors (Lipinski definition) is 2. The van der Waals surface area contributed by atoms with Crippen molar-refractivity contribution in [2.45, 2.75) is 70.9 Å². The van der Waals surface area contributed by atoms with E-state index >= 15 is 0 Å². The van der Waals surface area contributed by atoms with Crippen molar-refractivity contribution in [2.75, 3.05) is 13.2 Å². The maximum Gasteiger partial charge on any atom is 0.0835 e. The molecule has 2 unspecified atom stereocenters. The molecule has 2 aliphatic rings. The van der Waals surface area contributed by atoms with Crippen LogP contribution in [0.4, 0.5) is 0 Å². The molecule has 0 bridgehead atoms. The highest BCUT2D eigenvalue weighted by Crippen LogP contribution is 2.42. The lowest BCUT2D eigenvalue weighted by molar-refractivity contribution is -0.108. The van der Waals surface area contributed by atoms with Crippen molar-refractivity contribution < 1.29 is 4.74 Å². The maximum absolute atomic E-state index is 6.22. The van der Waals surface area contributed by atoms with Crippen molar-refractivity contribution in [3.63, 3.8) is 0 Å². The summed E-state index contributed by atoms with van der Waals surface area (Å²) in [5.74, 6) is 0. The molecule has 94 valence electrons. The molecule has 2 heteroatoms. The van der Waals surface area contributed by atoms with E-state index in [4.69, 9.17) is 4.74 Å². The molecule has 2 atom stereocenters. The van der Waals surface area contributed by atoms with Crippen LogP contribution in [0.5, 0.6) is 0 Å². The number of ether oxygens (including phenoxy) is 1. The molecule has 1 aliphatic carbocycles. The predicted octanol–water partition coefficient (Wildman–Crippen LogP) is 3.11. The molecule has 1 N–H and O–H groups in total. The largest absolute Gasteiger partial charge is 0.372 e. The van der Waals surface area contributed by atoms with Gasteiger partial charge < -0.3 is 10.1 Å². The Bertz CT molecular complexity index is 239. The number of morpholine rings is 1. The smallest absolute Gasteiger partial charge is 0.0835 e. The molecule has 16 heavy (non-hydrogen) atoms. The summed E-state index contributed by atoms with van der Waals surface area (Å²) >= 11 is 0. The molecule has 0 aromatic rings. The maximum atomic E-state index is 6.22. The quantitative estimate of drug-likeness (QED) is 0.740. The summed E-state index contributed by atoms with van der Waals surface area (Å²) in [6.45, 7) is 9.02. The van der Waals surface area contributed by atoms with Gasteiger partial charge in [-0.05, 0) is 43.9 Å². The third-order valence-electron chi connectivity index (χ3n) is 4.60. The fourth-order valence-electron chi connectivity index (χ4n) is 3.45. The van der Waals surface area contributed by atoms with E-state index in [1.807, 2.05) is 0 Å². The highest BCUT2D eigenvalue weighted by molar-refractivity contribution is 4.98. The molecular formula is C14H27NO. The molecule has 1 spiro atoms. The second-order valence-electron chi connectivity index (χ2n) is 6.35. The summed E-state index contributed by atoms with van der Waals surface area (Å²) < 4.78 is 6.22. The SMILES string of the molecule is CCC1NCCOC12CCCC(C)(C)CC2. The van der Waals surface area contributed by atoms with Crippen LogP contribution in [0.2, 0.25) is 0 Å². The summed E-state index contributed by atoms with van der Waals surface area (Å²) in [6.07, 6.45) is 7.68. The van der Waals surface area contributed by atoms with Crippen molar-refractivity contribution in [1.82, 2.24) is 5.32 Å². The van der Waals surface area contributed by atoms with Crippen molar-refractivity contribution in [3.05, 3.63) is 0 Å². The number of nitrogens with one attached hydrogen (secondary N) is 1. The van der Waals surface area contributed by atoms with Gasteiger partial charge in [-0.1, -0.05) is 20.8 Å². The Morgan fingerprint density at radius 3 is 2.75 bits per heavy atom. The first-order chi connectivity index (χ1) is 7.58. The van der Waals surface area contributed by atoms with Crippen LogP contribution >= 0.6 is 0 Å². The van der Waals surface area contributed by atoms with Crippen molar-refractivity contribution in [1.29, 1.82) is 0 Å². The van der Waals surface area contributed by atoms with Gasteiger partial charge in [-0.15, -0.1) is 0 Å². The highest BCUT2D eigenvalue weighted by atomic mass is 16.5. The van der Waals surface area contributed by atoms with Crippen molar-refractivity contribution >= 4 is 0 Å². The van der Waals surface area contributed by atoms with Crippen LogP contribution in [0.15, 0.2) is 0 Å². The van der Waals surface area contributed by atoms with Crippen LogP contribution in [0.1, 0.15) is 59.3 Å². The Kier molecular flexibility index (Phi) is 3.60. The summed E-state index contributed by atoms with van der Waals surface area (Å²) in [7, 11) is 0. The third-order valence-corrected chi connectivity index (χ3v) is 4.60. The summed E-state index contributed by atoms with van der Waals surface area (Å²) in [4.78, 5) is 0. The lowest BCUT2D eigenvalue weighted by atomic mass is 9.81. The molecule has 1 aliphatic heterocycles. The van der Waals surface area contributed by atoms with Gasteiger partial charge in [0, 0.05) is 12.6 Å². The Morgan fingerprint density at radius 2 is 2.00 bits per heavy atom. The monoisotopic (exact) mass is 225 g/mol. The van der Waals surface area contributed by atoms with Gasteiger partial charge in [0.1, 0.15) is 0 Å². The van der Waals surface area contributed by atoms with E-state index in [0.29, 0.717) is 11.5 Å². The van der Waals surface area contributed by atoms with Crippen LogP contribution in [0.3, 0.4) is 0 Å². The summed E-state index contributed by atoms with van der Waals surface area (Å²) in [6, 6.07) is 0.579. The lowest BCUT2D eigenvalue weighted by Crippen LogP contribution is -2.57. The average molecular weight is 225 g/mol. The zero-order valence-corrected chi connectivity index (χ0v) is 11.1. The Balaban J connectivity index is 2.10. The summed E-state index contributed by atoms with van der Waals surface area (Å²) in [5, 5.41) is 3.66. The minimum atomic E-state index is 0.154. The fourth-order valence-corrected chi connectivity index (χ4v) is 3.45. The van der Waals surface area contributed by atoms with Gasteiger partial charge in [-0.25, -0.2) is 0 Å². The van der Waals surface area contributed by atoms with Crippen LogP contribution in [0, 0.1) is 5.41 Å². The Hall–Kier alpha value is -0.0800. The van der Waals surface area contributed by atoms with Crippen LogP contribution in [0.25, 0.3) is 0 Å². The van der Waals surface area contributed by atoms with Gasteiger partial charge in [-0.3, -0.25) is 0 Å². The number of hydrogen-bond donors (Lipinski definition) is 1. The molecular weight excluding hydrogens is 198 g/mol. The molecule has 2 fully saturated rings. The lowest BCUT2D eigenvalue weighted by Gasteiger charge is -2.44. The normalized spacial score (nSPS) is 39.6. The van der Waals surface area contributed by atoms with E-state index in [9.17, 15) is 0 Å². The first kappa shape index (κ1) is 12.4.